The maximum absolute atomic E-state index is 11.6. The SMILES string of the molecule is O=C1CC(CO)CN1Cc1ccc(Br)cc1. The average molecular weight is 284 g/mol. The van der Waals surface area contributed by atoms with E-state index in [2.05, 4.69) is 15.9 Å². The van der Waals surface area contributed by atoms with E-state index in [1.807, 2.05) is 29.2 Å². The molecule has 0 aliphatic carbocycles. The van der Waals surface area contributed by atoms with Crippen LogP contribution in [0.25, 0.3) is 0 Å². The van der Waals surface area contributed by atoms with Gasteiger partial charge >= 0.3 is 0 Å². The van der Waals surface area contributed by atoms with Crippen molar-refractivity contribution >= 4 is 21.8 Å². The van der Waals surface area contributed by atoms with Crippen molar-refractivity contribution in [2.24, 2.45) is 5.92 Å². The van der Waals surface area contributed by atoms with Crippen molar-refractivity contribution in [3.05, 3.63) is 34.3 Å². The molecule has 1 heterocycles. The van der Waals surface area contributed by atoms with Gasteiger partial charge in [-0.05, 0) is 17.7 Å². The second-order valence-corrected chi connectivity index (χ2v) is 5.07. The van der Waals surface area contributed by atoms with E-state index >= 15 is 0 Å². The molecule has 4 heteroatoms. The van der Waals surface area contributed by atoms with Crippen LogP contribution in [0.3, 0.4) is 0 Å². The third-order valence-corrected chi connectivity index (χ3v) is 3.37. The van der Waals surface area contributed by atoms with Crippen LogP contribution in [0.15, 0.2) is 28.7 Å². The molecule has 1 atom stereocenters. The summed E-state index contributed by atoms with van der Waals surface area (Å²) in [6.45, 7) is 1.41. The highest BCUT2D eigenvalue weighted by Crippen LogP contribution is 2.20. The predicted molar refractivity (Wildman–Crippen MR) is 64.8 cm³/mol. The monoisotopic (exact) mass is 283 g/mol. The molecule has 0 spiro atoms. The van der Waals surface area contributed by atoms with Gasteiger partial charge in [0.25, 0.3) is 0 Å². The zero-order chi connectivity index (χ0) is 11.5. The smallest absolute Gasteiger partial charge is 0.223 e. The Hall–Kier alpha value is -0.870. The van der Waals surface area contributed by atoms with Crippen LogP contribution >= 0.6 is 15.9 Å². The highest BCUT2D eigenvalue weighted by Gasteiger charge is 2.28. The highest BCUT2D eigenvalue weighted by atomic mass is 79.9. The number of halogens is 1. The molecule has 1 unspecified atom stereocenters. The number of carbonyl (C=O) groups excluding carboxylic acids is 1. The minimum absolute atomic E-state index is 0.0998. The maximum atomic E-state index is 11.6. The fourth-order valence-corrected chi connectivity index (χ4v) is 2.20. The molecule has 1 aliphatic heterocycles. The number of nitrogens with zero attached hydrogens (tertiary/aromatic N) is 1. The Bertz CT molecular complexity index is 377. The van der Waals surface area contributed by atoms with Gasteiger partial charge in [0, 0.05) is 36.5 Å². The molecule has 86 valence electrons. The molecule has 1 fully saturated rings. The number of benzene rings is 1. The minimum Gasteiger partial charge on any atom is -0.396 e. The van der Waals surface area contributed by atoms with E-state index in [1.165, 1.54) is 0 Å². The Balaban J connectivity index is 2.00. The summed E-state index contributed by atoms with van der Waals surface area (Å²) in [5.74, 6) is 0.255. The zero-order valence-corrected chi connectivity index (χ0v) is 10.5. The van der Waals surface area contributed by atoms with Crippen LogP contribution in [0.4, 0.5) is 0 Å². The van der Waals surface area contributed by atoms with Gasteiger partial charge < -0.3 is 10.0 Å². The van der Waals surface area contributed by atoms with Crippen LogP contribution in [-0.4, -0.2) is 29.1 Å². The average Bonchev–Trinajstić information content (AvgIpc) is 2.63. The van der Waals surface area contributed by atoms with Crippen LogP contribution in [0, 0.1) is 5.92 Å². The first kappa shape index (κ1) is 11.6. The number of amides is 1. The summed E-state index contributed by atoms with van der Waals surface area (Å²) in [5, 5.41) is 9.02. The Morgan fingerprint density at radius 2 is 2.06 bits per heavy atom. The number of likely N-dealkylation sites (tertiary alicyclic amines) is 1. The van der Waals surface area contributed by atoms with Gasteiger partial charge in [0.15, 0.2) is 0 Å². The summed E-state index contributed by atoms with van der Waals surface area (Å²) in [4.78, 5) is 13.4. The molecule has 3 nitrogen and oxygen atoms in total. The van der Waals surface area contributed by atoms with Gasteiger partial charge in [-0.15, -0.1) is 0 Å². The summed E-state index contributed by atoms with van der Waals surface area (Å²) in [5.41, 5.74) is 1.12. The largest absolute Gasteiger partial charge is 0.396 e. The summed E-state index contributed by atoms with van der Waals surface area (Å²) in [7, 11) is 0. The number of aliphatic hydroxyl groups excluding tert-OH is 1. The molecule has 0 saturated carbocycles. The van der Waals surface area contributed by atoms with Crippen LogP contribution in [0.5, 0.6) is 0 Å². The second-order valence-electron chi connectivity index (χ2n) is 4.15. The number of aliphatic hydroxyl groups is 1. The molecule has 1 aromatic rings. The number of hydrogen-bond acceptors (Lipinski definition) is 2. The van der Waals surface area contributed by atoms with Crippen molar-refractivity contribution < 1.29 is 9.90 Å². The van der Waals surface area contributed by atoms with E-state index in [4.69, 9.17) is 5.11 Å². The number of hydrogen-bond donors (Lipinski definition) is 1. The fourth-order valence-electron chi connectivity index (χ4n) is 1.94. The summed E-state index contributed by atoms with van der Waals surface area (Å²) in [6.07, 6.45) is 0.479. The molecule has 1 aliphatic rings. The van der Waals surface area contributed by atoms with E-state index in [0.717, 1.165) is 10.0 Å². The molecule has 1 N–H and O–H groups in total. The van der Waals surface area contributed by atoms with Crippen molar-refractivity contribution in [2.45, 2.75) is 13.0 Å². The fraction of sp³-hybridized carbons (Fsp3) is 0.417. The highest BCUT2D eigenvalue weighted by molar-refractivity contribution is 9.10. The van der Waals surface area contributed by atoms with Gasteiger partial charge in [-0.1, -0.05) is 28.1 Å². The first-order chi connectivity index (χ1) is 7.69. The third kappa shape index (κ3) is 2.62. The standard InChI is InChI=1S/C12H14BrNO2/c13-11-3-1-9(2-4-11)6-14-7-10(8-15)5-12(14)16/h1-4,10,15H,5-8H2. The van der Waals surface area contributed by atoms with E-state index in [1.54, 1.807) is 0 Å². The predicted octanol–water partition coefficient (Wildman–Crippen LogP) is 1.79. The van der Waals surface area contributed by atoms with Crippen molar-refractivity contribution in [2.75, 3.05) is 13.2 Å². The van der Waals surface area contributed by atoms with E-state index in [-0.39, 0.29) is 18.4 Å². The lowest BCUT2D eigenvalue weighted by Crippen LogP contribution is -2.24. The minimum atomic E-state index is 0.0998. The Kier molecular flexibility index (Phi) is 3.61. The lowest BCUT2D eigenvalue weighted by Gasteiger charge is -2.16. The molecule has 0 radical (unpaired) electrons. The number of rotatable bonds is 3. The van der Waals surface area contributed by atoms with Gasteiger partial charge in [0.2, 0.25) is 5.91 Å². The van der Waals surface area contributed by atoms with Gasteiger partial charge in [-0.25, -0.2) is 0 Å². The van der Waals surface area contributed by atoms with Gasteiger partial charge in [0.05, 0.1) is 0 Å². The molecule has 0 aromatic heterocycles. The van der Waals surface area contributed by atoms with E-state index in [9.17, 15) is 4.79 Å². The van der Waals surface area contributed by atoms with E-state index < -0.39 is 0 Å². The molecular formula is C12H14BrNO2. The Labute approximate surface area is 103 Å². The van der Waals surface area contributed by atoms with E-state index in [0.29, 0.717) is 19.5 Å². The van der Waals surface area contributed by atoms with Crippen molar-refractivity contribution in [3.8, 4) is 0 Å². The Morgan fingerprint density at radius 3 is 2.62 bits per heavy atom. The molecule has 1 saturated heterocycles. The van der Waals surface area contributed by atoms with Crippen molar-refractivity contribution in [3.63, 3.8) is 0 Å². The van der Waals surface area contributed by atoms with Crippen LogP contribution in [0.2, 0.25) is 0 Å². The van der Waals surface area contributed by atoms with Crippen LogP contribution < -0.4 is 0 Å². The third-order valence-electron chi connectivity index (χ3n) is 2.84. The molecule has 2 rings (SSSR count). The quantitative estimate of drug-likeness (QED) is 0.919. The van der Waals surface area contributed by atoms with Crippen LogP contribution in [-0.2, 0) is 11.3 Å². The normalized spacial score (nSPS) is 20.5. The molecule has 0 bridgehead atoms. The number of carbonyl (C=O) groups is 1. The lowest BCUT2D eigenvalue weighted by atomic mass is 10.1. The summed E-state index contributed by atoms with van der Waals surface area (Å²) in [6, 6.07) is 7.95. The molecule has 16 heavy (non-hydrogen) atoms. The molecule has 1 amide bonds. The summed E-state index contributed by atoms with van der Waals surface area (Å²) < 4.78 is 1.04. The molecular weight excluding hydrogens is 270 g/mol. The van der Waals surface area contributed by atoms with Crippen molar-refractivity contribution in [1.29, 1.82) is 0 Å². The molecule has 1 aromatic carbocycles. The summed E-state index contributed by atoms with van der Waals surface area (Å²) >= 11 is 3.38. The van der Waals surface area contributed by atoms with Crippen LogP contribution in [0.1, 0.15) is 12.0 Å². The van der Waals surface area contributed by atoms with Crippen molar-refractivity contribution in [1.82, 2.24) is 4.90 Å². The second kappa shape index (κ2) is 4.97. The van der Waals surface area contributed by atoms with Gasteiger partial charge in [-0.2, -0.15) is 0 Å². The topological polar surface area (TPSA) is 40.5 Å². The first-order valence-corrected chi connectivity index (χ1v) is 6.11. The first-order valence-electron chi connectivity index (χ1n) is 5.32. The lowest BCUT2D eigenvalue weighted by molar-refractivity contribution is -0.128. The zero-order valence-electron chi connectivity index (χ0n) is 8.90. The maximum Gasteiger partial charge on any atom is 0.223 e. The van der Waals surface area contributed by atoms with Gasteiger partial charge in [-0.3, -0.25) is 4.79 Å². The Morgan fingerprint density at radius 1 is 1.38 bits per heavy atom. The van der Waals surface area contributed by atoms with Gasteiger partial charge in [0.1, 0.15) is 0 Å².